The predicted molar refractivity (Wildman–Crippen MR) is 70.1 cm³/mol. The Morgan fingerprint density at radius 1 is 1.56 bits per heavy atom. The third-order valence-electron chi connectivity index (χ3n) is 2.85. The Hall–Kier alpha value is -0.440. The lowest BCUT2D eigenvalue weighted by atomic mass is 10.3. The maximum Gasteiger partial charge on any atom is 0.260 e. The summed E-state index contributed by atoms with van der Waals surface area (Å²) in [7, 11) is -1.87. The van der Waals surface area contributed by atoms with Crippen LogP contribution in [0.1, 0.15) is 6.92 Å². The Bertz CT molecular complexity index is 516. The SMILES string of the molecule is CC1CN(S(=O)(=O)c2ccnn2C)CC(CBr)O1. The van der Waals surface area contributed by atoms with Crippen molar-refractivity contribution in [3.63, 3.8) is 0 Å². The first-order valence-electron chi connectivity index (χ1n) is 5.64. The third kappa shape index (κ3) is 2.61. The molecule has 0 bridgehead atoms. The molecule has 1 aliphatic rings. The summed E-state index contributed by atoms with van der Waals surface area (Å²) in [6.07, 6.45) is 1.26. The number of sulfonamides is 1. The quantitative estimate of drug-likeness (QED) is 0.757. The van der Waals surface area contributed by atoms with Gasteiger partial charge in [-0.1, -0.05) is 15.9 Å². The lowest BCUT2D eigenvalue weighted by molar-refractivity contribution is -0.0412. The molecule has 0 saturated carbocycles. The normalized spacial score (nSPS) is 26.4. The highest BCUT2D eigenvalue weighted by Crippen LogP contribution is 2.21. The van der Waals surface area contributed by atoms with E-state index in [1.807, 2.05) is 6.92 Å². The van der Waals surface area contributed by atoms with Crippen LogP contribution >= 0.6 is 15.9 Å². The summed E-state index contributed by atoms with van der Waals surface area (Å²) in [5, 5.41) is 4.74. The van der Waals surface area contributed by atoms with Gasteiger partial charge in [-0.3, -0.25) is 4.68 Å². The van der Waals surface area contributed by atoms with E-state index < -0.39 is 10.0 Å². The van der Waals surface area contributed by atoms with Crippen LogP contribution in [0.25, 0.3) is 0 Å². The molecule has 0 aliphatic carbocycles. The van der Waals surface area contributed by atoms with Gasteiger partial charge in [-0.05, 0) is 13.0 Å². The van der Waals surface area contributed by atoms with E-state index in [-0.39, 0.29) is 17.2 Å². The first-order chi connectivity index (χ1) is 8.45. The Balaban J connectivity index is 2.28. The molecule has 1 fully saturated rings. The molecule has 6 nitrogen and oxygen atoms in total. The number of ether oxygens (including phenoxy) is 1. The van der Waals surface area contributed by atoms with Gasteiger partial charge in [0.25, 0.3) is 10.0 Å². The summed E-state index contributed by atoms with van der Waals surface area (Å²) in [6.45, 7) is 2.61. The molecule has 2 rings (SSSR count). The van der Waals surface area contributed by atoms with Gasteiger partial charge in [0, 0.05) is 25.5 Å². The van der Waals surface area contributed by atoms with Gasteiger partial charge < -0.3 is 4.74 Å². The molecule has 18 heavy (non-hydrogen) atoms. The van der Waals surface area contributed by atoms with Crippen LogP contribution in [-0.2, 0) is 21.8 Å². The maximum atomic E-state index is 12.5. The fraction of sp³-hybridized carbons (Fsp3) is 0.700. The Morgan fingerprint density at radius 2 is 2.28 bits per heavy atom. The van der Waals surface area contributed by atoms with E-state index in [9.17, 15) is 8.42 Å². The molecule has 102 valence electrons. The number of halogens is 1. The number of alkyl halides is 1. The lowest BCUT2D eigenvalue weighted by Crippen LogP contribution is -2.49. The van der Waals surface area contributed by atoms with Crippen molar-refractivity contribution in [2.75, 3.05) is 18.4 Å². The molecular weight excluding hydrogens is 322 g/mol. The molecule has 1 aliphatic heterocycles. The second-order valence-corrected chi connectivity index (χ2v) is 6.87. The van der Waals surface area contributed by atoms with Gasteiger partial charge in [0.2, 0.25) is 0 Å². The minimum absolute atomic E-state index is 0.107. The molecule has 2 heterocycles. The van der Waals surface area contributed by atoms with Crippen LogP contribution in [0.15, 0.2) is 17.3 Å². The average Bonchev–Trinajstić information content (AvgIpc) is 2.75. The monoisotopic (exact) mass is 337 g/mol. The van der Waals surface area contributed by atoms with Gasteiger partial charge in [0.05, 0.1) is 18.4 Å². The molecule has 1 saturated heterocycles. The lowest BCUT2D eigenvalue weighted by Gasteiger charge is -2.35. The number of hydrogen-bond donors (Lipinski definition) is 0. The molecular formula is C10H16BrN3O3S. The van der Waals surface area contributed by atoms with E-state index in [1.165, 1.54) is 21.3 Å². The van der Waals surface area contributed by atoms with Crippen molar-refractivity contribution in [1.29, 1.82) is 0 Å². The highest BCUT2D eigenvalue weighted by Gasteiger charge is 2.34. The minimum Gasteiger partial charge on any atom is -0.372 e. The maximum absolute atomic E-state index is 12.5. The molecule has 0 amide bonds. The fourth-order valence-electron chi connectivity index (χ4n) is 2.03. The zero-order valence-corrected chi connectivity index (χ0v) is 12.7. The van der Waals surface area contributed by atoms with Gasteiger partial charge >= 0.3 is 0 Å². The van der Waals surface area contributed by atoms with Crippen LogP contribution in [0.4, 0.5) is 0 Å². The zero-order chi connectivity index (χ0) is 13.3. The molecule has 1 aromatic rings. The average molecular weight is 338 g/mol. The summed E-state index contributed by atoms with van der Waals surface area (Å²) in [5.41, 5.74) is 0. The summed E-state index contributed by atoms with van der Waals surface area (Å²) in [6, 6.07) is 1.51. The van der Waals surface area contributed by atoms with Crippen molar-refractivity contribution in [2.45, 2.75) is 24.2 Å². The van der Waals surface area contributed by atoms with Crippen LogP contribution in [0.3, 0.4) is 0 Å². The third-order valence-corrected chi connectivity index (χ3v) is 5.47. The molecule has 0 N–H and O–H groups in total. The van der Waals surface area contributed by atoms with Crippen LogP contribution in [0.2, 0.25) is 0 Å². The fourth-order valence-corrected chi connectivity index (χ4v) is 4.04. The minimum atomic E-state index is -3.49. The van der Waals surface area contributed by atoms with E-state index in [4.69, 9.17) is 4.74 Å². The smallest absolute Gasteiger partial charge is 0.260 e. The number of rotatable bonds is 3. The van der Waals surface area contributed by atoms with Crippen molar-refractivity contribution in [3.8, 4) is 0 Å². The van der Waals surface area contributed by atoms with Crippen molar-refractivity contribution < 1.29 is 13.2 Å². The van der Waals surface area contributed by atoms with Gasteiger partial charge in [0.15, 0.2) is 5.03 Å². The van der Waals surface area contributed by atoms with E-state index >= 15 is 0 Å². The number of nitrogens with zero attached hydrogens (tertiary/aromatic N) is 3. The zero-order valence-electron chi connectivity index (χ0n) is 10.3. The Morgan fingerprint density at radius 3 is 2.83 bits per heavy atom. The topological polar surface area (TPSA) is 64.4 Å². The van der Waals surface area contributed by atoms with Crippen molar-refractivity contribution in [3.05, 3.63) is 12.3 Å². The summed E-state index contributed by atoms with van der Waals surface area (Å²) >= 11 is 3.33. The van der Waals surface area contributed by atoms with Gasteiger partial charge in [-0.15, -0.1) is 0 Å². The highest BCUT2D eigenvalue weighted by atomic mass is 79.9. The van der Waals surface area contributed by atoms with Crippen molar-refractivity contribution in [1.82, 2.24) is 14.1 Å². The second kappa shape index (κ2) is 5.28. The summed E-state index contributed by atoms with van der Waals surface area (Å²) in [4.78, 5) is 0. The highest BCUT2D eigenvalue weighted by molar-refractivity contribution is 9.09. The van der Waals surface area contributed by atoms with E-state index in [0.717, 1.165) is 0 Å². The van der Waals surface area contributed by atoms with Crippen LogP contribution < -0.4 is 0 Å². The van der Waals surface area contributed by atoms with Crippen LogP contribution in [0, 0.1) is 0 Å². The Labute approximate surface area is 115 Å². The number of morpholine rings is 1. The first kappa shape index (κ1) is 14.0. The molecule has 0 radical (unpaired) electrons. The number of hydrogen-bond acceptors (Lipinski definition) is 4. The molecule has 1 aromatic heterocycles. The largest absolute Gasteiger partial charge is 0.372 e. The van der Waals surface area contributed by atoms with Gasteiger partial charge in [-0.2, -0.15) is 9.40 Å². The molecule has 2 unspecified atom stereocenters. The first-order valence-corrected chi connectivity index (χ1v) is 8.21. The van der Waals surface area contributed by atoms with Crippen molar-refractivity contribution >= 4 is 26.0 Å². The number of aryl methyl sites for hydroxylation is 1. The number of aromatic nitrogens is 2. The molecule has 2 atom stereocenters. The summed E-state index contributed by atoms with van der Waals surface area (Å²) in [5.74, 6) is 0. The van der Waals surface area contributed by atoms with Crippen LogP contribution in [0.5, 0.6) is 0 Å². The predicted octanol–water partition coefficient (Wildman–Crippen LogP) is 0.593. The van der Waals surface area contributed by atoms with E-state index in [1.54, 1.807) is 7.05 Å². The van der Waals surface area contributed by atoms with Crippen LogP contribution in [-0.4, -0.2) is 53.1 Å². The van der Waals surface area contributed by atoms with E-state index in [0.29, 0.717) is 18.4 Å². The molecule has 0 aromatic carbocycles. The molecule has 0 spiro atoms. The molecule has 8 heteroatoms. The van der Waals surface area contributed by atoms with E-state index in [2.05, 4.69) is 21.0 Å². The van der Waals surface area contributed by atoms with Gasteiger partial charge in [0.1, 0.15) is 0 Å². The Kier molecular flexibility index (Phi) is 4.10. The summed E-state index contributed by atoms with van der Waals surface area (Å²) < 4.78 is 33.4. The van der Waals surface area contributed by atoms with Gasteiger partial charge in [-0.25, -0.2) is 8.42 Å². The standard InChI is InChI=1S/C10H16BrN3O3S/c1-8-6-14(7-9(5-11)17-8)18(15,16)10-3-4-12-13(10)2/h3-4,8-9H,5-7H2,1-2H3. The van der Waals surface area contributed by atoms with Crippen molar-refractivity contribution in [2.24, 2.45) is 7.05 Å². The second-order valence-electron chi connectivity index (χ2n) is 4.34.